The van der Waals surface area contributed by atoms with E-state index >= 15 is 0 Å². The lowest BCUT2D eigenvalue weighted by Gasteiger charge is -2.34. The van der Waals surface area contributed by atoms with Crippen LogP contribution < -0.4 is 0 Å². The first-order valence-corrected chi connectivity index (χ1v) is 6.89. The first kappa shape index (κ1) is 13.5. The van der Waals surface area contributed by atoms with Crippen molar-refractivity contribution in [2.75, 3.05) is 6.54 Å². The van der Waals surface area contributed by atoms with Gasteiger partial charge in [0.1, 0.15) is 0 Å². The molecular weight excluding hydrogens is 198 g/mol. The number of hydrogen-bond acceptors (Lipinski definition) is 1. The van der Waals surface area contributed by atoms with Crippen molar-refractivity contribution in [2.45, 2.75) is 65.8 Å². The van der Waals surface area contributed by atoms with Crippen molar-refractivity contribution in [3.05, 3.63) is 0 Å². The third-order valence-corrected chi connectivity index (χ3v) is 4.15. The fourth-order valence-corrected chi connectivity index (χ4v) is 2.54. The number of carbonyl (C=O) groups excluding carboxylic acids is 1. The van der Waals surface area contributed by atoms with Crippen LogP contribution in [-0.4, -0.2) is 23.4 Å². The van der Waals surface area contributed by atoms with Crippen molar-refractivity contribution >= 4 is 5.91 Å². The fraction of sp³-hybridized carbons (Fsp3) is 0.929. The Balaban J connectivity index is 2.66. The van der Waals surface area contributed by atoms with E-state index in [0.29, 0.717) is 17.9 Å². The van der Waals surface area contributed by atoms with Crippen molar-refractivity contribution in [1.29, 1.82) is 0 Å². The van der Waals surface area contributed by atoms with Crippen LogP contribution in [0.4, 0.5) is 0 Å². The van der Waals surface area contributed by atoms with Crippen molar-refractivity contribution in [2.24, 2.45) is 11.8 Å². The molecule has 3 unspecified atom stereocenters. The van der Waals surface area contributed by atoms with Crippen LogP contribution in [0.5, 0.6) is 0 Å². The van der Waals surface area contributed by atoms with Crippen molar-refractivity contribution in [3.8, 4) is 0 Å². The van der Waals surface area contributed by atoms with E-state index in [2.05, 4.69) is 32.6 Å². The largest absolute Gasteiger partial charge is 0.339 e. The van der Waals surface area contributed by atoms with Gasteiger partial charge in [-0.2, -0.15) is 0 Å². The van der Waals surface area contributed by atoms with Crippen molar-refractivity contribution < 1.29 is 4.79 Å². The maximum absolute atomic E-state index is 11.8. The van der Waals surface area contributed by atoms with Crippen LogP contribution in [0.25, 0.3) is 0 Å². The average molecular weight is 225 g/mol. The second-order valence-electron chi connectivity index (χ2n) is 5.39. The Bertz CT molecular complexity index is 227. The molecule has 2 nitrogen and oxygen atoms in total. The summed E-state index contributed by atoms with van der Waals surface area (Å²) < 4.78 is 0. The summed E-state index contributed by atoms with van der Waals surface area (Å²) in [4.78, 5) is 14.0. The molecule has 94 valence electrons. The molecule has 1 fully saturated rings. The van der Waals surface area contributed by atoms with Crippen LogP contribution in [0.1, 0.15) is 59.8 Å². The molecule has 0 N–H and O–H groups in total. The van der Waals surface area contributed by atoms with Gasteiger partial charge in [0.15, 0.2) is 0 Å². The Morgan fingerprint density at radius 3 is 2.38 bits per heavy atom. The van der Waals surface area contributed by atoms with Crippen molar-refractivity contribution in [1.82, 2.24) is 4.90 Å². The zero-order valence-electron chi connectivity index (χ0n) is 11.3. The van der Waals surface area contributed by atoms with E-state index in [9.17, 15) is 4.79 Å². The quantitative estimate of drug-likeness (QED) is 0.678. The van der Waals surface area contributed by atoms with Gasteiger partial charge in [-0.3, -0.25) is 4.79 Å². The summed E-state index contributed by atoms with van der Waals surface area (Å²) in [5.41, 5.74) is 0. The van der Waals surface area contributed by atoms with Crippen LogP contribution in [0.15, 0.2) is 0 Å². The summed E-state index contributed by atoms with van der Waals surface area (Å²) in [5, 5.41) is 0. The molecule has 0 aromatic rings. The number of nitrogens with zero attached hydrogens (tertiary/aromatic N) is 1. The van der Waals surface area contributed by atoms with Gasteiger partial charge in [0.2, 0.25) is 5.91 Å². The van der Waals surface area contributed by atoms with Gasteiger partial charge in [-0.25, -0.2) is 0 Å². The lowest BCUT2D eigenvalue weighted by atomic mass is 9.88. The van der Waals surface area contributed by atoms with Gasteiger partial charge in [-0.15, -0.1) is 0 Å². The summed E-state index contributed by atoms with van der Waals surface area (Å²) in [6.45, 7) is 10.1. The normalized spacial score (nSPS) is 22.2. The predicted octanol–water partition coefficient (Wildman–Crippen LogP) is 3.46. The van der Waals surface area contributed by atoms with E-state index in [1.165, 1.54) is 19.3 Å². The second-order valence-corrected chi connectivity index (χ2v) is 5.39. The molecule has 0 spiro atoms. The lowest BCUT2D eigenvalue weighted by Crippen LogP contribution is -2.41. The van der Waals surface area contributed by atoms with Gasteiger partial charge in [-0.1, -0.05) is 40.5 Å². The molecule has 0 bridgehead atoms. The predicted molar refractivity (Wildman–Crippen MR) is 68.3 cm³/mol. The van der Waals surface area contributed by atoms with E-state index in [1.807, 2.05) is 0 Å². The number of amides is 1. The molecule has 1 amide bonds. The fourth-order valence-electron chi connectivity index (χ4n) is 2.54. The summed E-state index contributed by atoms with van der Waals surface area (Å²) in [6, 6.07) is 0.481. The molecular formula is C14H27NO. The summed E-state index contributed by atoms with van der Waals surface area (Å²) in [6.07, 6.45) is 5.40. The number of likely N-dealkylation sites (tertiary alicyclic amines) is 1. The topological polar surface area (TPSA) is 20.3 Å². The molecule has 1 heterocycles. The monoisotopic (exact) mass is 225 g/mol. The average Bonchev–Trinajstić information content (AvgIpc) is 2.70. The SMILES string of the molecule is CCC(C)CC(C(C)CC)N1CCCC1=O. The number of hydrogen-bond donors (Lipinski definition) is 0. The van der Waals surface area contributed by atoms with Gasteiger partial charge in [0.25, 0.3) is 0 Å². The number of carbonyl (C=O) groups is 1. The standard InChI is InChI=1S/C14H27NO/c1-5-11(3)10-13(12(4)6-2)15-9-7-8-14(15)16/h11-13H,5-10H2,1-4H3. The van der Waals surface area contributed by atoms with Crippen LogP contribution in [0.3, 0.4) is 0 Å². The third-order valence-electron chi connectivity index (χ3n) is 4.15. The van der Waals surface area contributed by atoms with E-state index in [1.54, 1.807) is 0 Å². The Kier molecular flexibility index (Phi) is 5.30. The molecule has 1 aliphatic rings. The van der Waals surface area contributed by atoms with Crippen LogP contribution in [0.2, 0.25) is 0 Å². The highest BCUT2D eigenvalue weighted by Crippen LogP contribution is 2.27. The second kappa shape index (κ2) is 6.27. The van der Waals surface area contributed by atoms with E-state index in [0.717, 1.165) is 25.3 Å². The highest BCUT2D eigenvalue weighted by atomic mass is 16.2. The zero-order chi connectivity index (χ0) is 12.1. The van der Waals surface area contributed by atoms with Gasteiger partial charge in [0, 0.05) is 19.0 Å². The first-order chi connectivity index (χ1) is 7.60. The smallest absolute Gasteiger partial charge is 0.222 e. The van der Waals surface area contributed by atoms with Crippen LogP contribution in [-0.2, 0) is 4.79 Å². The molecule has 3 atom stereocenters. The molecule has 1 aliphatic heterocycles. The molecule has 0 saturated carbocycles. The third kappa shape index (κ3) is 3.23. The van der Waals surface area contributed by atoms with Crippen molar-refractivity contribution in [3.63, 3.8) is 0 Å². The van der Waals surface area contributed by atoms with Crippen LogP contribution in [0, 0.1) is 11.8 Å². The van der Waals surface area contributed by atoms with E-state index in [-0.39, 0.29) is 0 Å². The maximum Gasteiger partial charge on any atom is 0.222 e. The van der Waals surface area contributed by atoms with E-state index < -0.39 is 0 Å². The van der Waals surface area contributed by atoms with Gasteiger partial charge < -0.3 is 4.90 Å². The molecule has 16 heavy (non-hydrogen) atoms. The minimum Gasteiger partial charge on any atom is -0.339 e. The minimum absolute atomic E-state index is 0.383. The minimum atomic E-state index is 0.383. The Morgan fingerprint density at radius 2 is 1.94 bits per heavy atom. The molecule has 0 aliphatic carbocycles. The molecule has 1 rings (SSSR count). The highest BCUT2D eigenvalue weighted by Gasteiger charge is 2.31. The Morgan fingerprint density at radius 1 is 1.25 bits per heavy atom. The van der Waals surface area contributed by atoms with E-state index in [4.69, 9.17) is 0 Å². The molecule has 0 aromatic heterocycles. The summed E-state index contributed by atoms with van der Waals surface area (Å²) in [5.74, 6) is 1.75. The summed E-state index contributed by atoms with van der Waals surface area (Å²) in [7, 11) is 0. The zero-order valence-corrected chi connectivity index (χ0v) is 11.3. The van der Waals surface area contributed by atoms with Gasteiger partial charge in [0.05, 0.1) is 0 Å². The first-order valence-electron chi connectivity index (χ1n) is 6.89. The van der Waals surface area contributed by atoms with Gasteiger partial charge >= 0.3 is 0 Å². The van der Waals surface area contributed by atoms with Gasteiger partial charge in [-0.05, 0) is 24.7 Å². The number of rotatable bonds is 6. The lowest BCUT2D eigenvalue weighted by molar-refractivity contribution is -0.131. The van der Waals surface area contributed by atoms with Crippen LogP contribution >= 0.6 is 0 Å². The summed E-state index contributed by atoms with van der Waals surface area (Å²) >= 11 is 0. The Hall–Kier alpha value is -0.530. The molecule has 0 aromatic carbocycles. The Labute approximate surface area is 100 Å². The molecule has 2 heteroatoms. The highest BCUT2D eigenvalue weighted by molar-refractivity contribution is 5.78. The molecule has 1 saturated heterocycles. The maximum atomic E-state index is 11.8. The molecule has 0 radical (unpaired) electrons.